The topological polar surface area (TPSA) is 3.24 Å². The van der Waals surface area contributed by atoms with Crippen molar-refractivity contribution < 1.29 is 0 Å². The summed E-state index contributed by atoms with van der Waals surface area (Å²) in [4.78, 5) is 2.76. The van der Waals surface area contributed by atoms with Crippen molar-refractivity contribution >= 4 is 0 Å². The highest BCUT2D eigenvalue weighted by atomic mass is 15.2. The Balaban J connectivity index is 1.61. The normalized spacial score (nSPS) is 42.0. The molecule has 0 aromatic carbocycles. The van der Waals surface area contributed by atoms with Crippen LogP contribution < -0.4 is 0 Å². The average Bonchev–Trinajstić information content (AvgIpc) is 2.46. The molecule has 0 amide bonds. The minimum atomic E-state index is 0.840. The second-order valence-corrected chi connectivity index (χ2v) is 7.74. The molecule has 0 N–H and O–H groups in total. The van der Waals surface area contributed by atoms with E-state index >= 15 is 0 Å². The lowest BCUT2D eigenvalue weighted by atomic mass is 9.68. The molecule has 2 saturated carbocycles. The van der Waals surface area contributed by atoms with Gasteiger partial charge in [0, 0.05) is 12.1 Å². The SMILES string of the molecule is CC1C2CCCCC2CC(CC2CCCCC2)N1C. The monoisotopic (exact) mass is 263 g/mol. The van der Waals surface area contributed by atoms with Crippen molar-refractivity contribution in [2.75, 3.05) is 7.05 Å². The van der Waals surface area contributed by atoms with Crippen molar-refractivity contribution in [1.82, 2.24) is 4.90 Å². The number of hydrogen-bond donors (Lipinski definition) is 0. The summed E-state index contributed by atoms with van der Waals surface area (Å²) in [5.74, 6) is 3.13. The van der Waals surface area contributed by atoms with Gasteiger partial charge in [-0.2, -0.15) is 0 Å². The summed E-state index contributed by atoms with van der Waals surface area (Å²) < 4.78 is 0. The molecule has 2 aliphatic carbocycles. The zero-order valence-electron chi connectivity index (χ0n) is 13.1. The van der Waals surface area contributed by atoms with Crippen LogP contribution in [0.15, 0.2) is 0 Å². The third-order valence-electron chi connectivity index (χ3n) is 6.71. The molecule has 19 heavy (non-hydrogen) atoms. The number of fused-ring (bicyclic) bond motifs is 1. The highest BCUT2D eigenvalue weighted by Crippen LogP contribution is 2.43. The Morgan fingerprint density at radius 3 is 2.37 bits per heavy atom. The molecule has 3 aliphatic rings. The molecule has 4 atom stereocenters. The molecule has 0 aromatic heterocycles. The van der Waals surface area contributed by atoms with Crippen molar-refractivity contribution in [3.05, 3.63) is 0 Å². The molecule has 0 bridgehead atoms. The fourth-order valence-electron chi connectivity index (χ4n) is 5.38. The molecule has 0 aromatic rings. The Kier molecular flexibility index (Phi) is 4.51. The van der Waals surface area contributed by atoms with E-state index in [1.807, 2.05) is 0 Å². The smallest absolute Gasteiger partial charge is 0.0100 e. The van der Waals surface area contributed by atoms with Gasteiger partial charge in [0.1, 0.15) is 0 Å². The Morgan fingerprint density at radius 2 is 1.58 bits per heavy atom. The van der Waals surface area contributed by atoms with E-state index in [1.165, 1.54) is 70.6 Å². The van der Waals surface area contributed by atoms with Crippen molar-refractivity contribution in [3.8, 4) is 0 Å². The van der Waals surface area contributed by atoms with Gasteiger partial charge in [-0.1, -0.05) is 51.4 Å². The highest BCUT2D eigenvalue weighted by Gasteiger charge is 2.40. The van der Waals surface area contributed by atoms with E-state index in [0.717, 1.165) is 29.8 Å². The van der Waals surface area contributed by atoms with Crippen LogP contribution in [0.1, 0.15) is 77.6 Å². The van der Waals surface area contributed by atoms with Crippen molar-refractivity contribution in [2.45, 2.75) is 89.6 Å². The number of likely N-dealkylation sites (tertiary alicyclic amines) is 1. The lowest BCUT2D eigenvalue weighted by molar-refractivity contribution is -0.00324. The molecule has 1 heterocycles. The van der Waals surface area contributed by atoms with Crippen LogP contribution in [0.2, 0.25) is 0 Å². The lowest BCUT2D eigenvalue weighted by Crippen LogP contribution is -2.52. The van der Waals surface area contributed by atoms with Crippen LogP contribution in [0.4, 0.5) is 0 Å². The van der Waals surface area contributed by atoms with E-state index in [1.54, 1.807) is 0 Å². The largest absolute Gasteiger partial charge is 0.300 e. The summed E-state index contributed by atoms with van der Waals surface area (Å²) in [6.07, 6.45) is 16.6. The van der Waals surface area contributed by atoms with E-state index in [4.69, 9.17) is 0 Å². The zero-order chi connectivity index (χ0) is 13.2. The van der Waals surface area contributed by atoms with Gasteiger partial charge >= 0.3 is 0 Å². The third kappa shape index (κ3) is 3.01. The first-order chi connectivity index (χ1) is 9.25. The van der Waals surface area contributed by atoms with E-state index in [-0.39, 0.29) is 0 Å². The fourth-order valence-corrected chi connectivity index (χ4v) is 5.38. The van der Waals surface area contributed by atoms with Gasteiger partial charge in [-0.05, 0) is 51.0 Å². The van der Waals surface area contributed by atoms with Gasteiger partial charge in [0.25, 0.3) is 0 Å². The van der Waals surface area contributed by atoms with Gasteiger partial charge in [0.2, 0.25) is 0 Å². The number of nitrogens with zero attached hydrogens (tertiary/aromatic N) is 1. The summed E-state index contributed by atoms with van der Waals surface area (Å²) in [6.45, 7) is 2.51. The Hall–Kier alpha value is -0.0400. The summed E-state index contributed by atoms with van der Waals surface area (Å²) in [5, 5.41) is 0. The van der Waals surface area contributed by atoms with Gasteiger partial charge < -0.3 is 4.90 Å². The summed E-state index contributed by atoms with van der Waals surface area (Å²) >= 11 is 0. The summed E-state index contributed by atoms with van der Waals surface area (Å²) in [7, 11) is 2.42. The molecule has 1 aliphatic heterocycles. The maximum atomic E-state index is 2.76. The molecule has 4 unspecified atom stereocenters. The van der Waals surface area contributed by atoms with E-state index in [0.29, 0.717) is 0 Å². The molecule has 1 saturated heterocycles. The Morgan fingerprint density at radius 1 is 0.895 bits per heavy atom. The molecule has 3 rings (SSSR count). The number of hydrogen-bond acceptors (Lipinski definition) is 1. The molecule has 3 fully saturated rings. The number of piperidine rings is 1. The van der Waals surface area contributed by atoms with E-state index in [9.17, 15) is 0 Å². The third-order valence-corrected chi connectivity index (χ3v) is 6.71. The minimum Gasteiger partial charge on any atom is -0.300 e. The van der Waals surface area contributed by atoms with E-state index in [2.05, 4.69) is 18.9 Å². The second-order valence-electron chi connectivity index (χ2n) is 7.74. The second kappa shape index (κ2) is 6.16. The van der Waals surface area contributed by atoms with Crippen LogP contribution in [-0.4, -0.2) is 24.0 Å². The Labute approximate surface area is 120 Å². The van der Waals surface area contributed by atoms with E-state index < -0.39 is 0 Å². The average molecular weight is 263 g/mol. The first-order valence-electron chi connectivity index (χ1n) is 8.97. The van der Waals surface area contributed by atoms with Crippen LogP contribution in [0.3, 0.4) is 0 Å². The summed E-state index contributed by atoms with van der Waals surface area (Å²) in [5.41, 5.74) is 0. The van der Waals surface area contributed by atoms with Crippen LogP contribution >= 0.6 is 0 Å². The van der Waals surface area contributed by atoms with Crippen molar-refractivity contribution in [2.24, 2.45) is 17.8 Å². The molecular weight excluding hydrogens is 230 g/mol. The number of rotatable bonds is 2. The van der Waals surface area contributed by atoms with Gasteiger partial charge in [0.05, 0.1) is 0 Å². The van der Waals surface area contributed by atoms with Gasteiger partial charge in [-0.25, -0.2) is 0 Å². The van der Waals surface area contributed by atoms with Crippen LogP contribution in [-0.2, 0) is 0 Å². The van der Waals surface area contributed by atoms with Gasteiger partial charge in [0.15, 0.2) is 0 Å². The maximum Gasteiger partial charge on any atom is 0.0100 e. The van der Waals surface area contributed by atoms with Gasteiger partial charge in [-0.15, -0.1) is 0 Å². The first-order valence-corrected chi connectivity index (χ1v) is 8.97. The predicted octanol–water partition coefficient (Wildman–Crippen LogP) is 4.86. The Bertz CT molecular complexity index is 277. The minimum absolute atomic E-state index is 0.840. The standard InChI is InChI=1S/C18H33N/c1-14-18-11-7-6-10-16(18)13-17(19(14)2)12-15-8-4-3-5-9-15/h14-18H,3-13H2,1-2H3. The van der Waals surface area contributed by atoms with Gasteiger partial charge in [-0.3, -0.25) is 0 Å². The molecular formula is C18H33N. The molecule has 0 radical (unpaired) electrons. The molecule has 0 spiro atoms. The first kappa shape index (κ1) is 13.9. The molecule has 110 valence electrons. The fraction of sp³-hybridized carbons (Fsp3) is 1.00. The van der Waals surface area contributed by atoms with Crippen LogP contribution in [0.25, 0.3) is 0 Å². The lowest BCUT2D eigenvalue weighted by Gasteiger charge is -2.50. The molecule has 1 heteroatoms. The summed E-state index contributed by atoms with van der Waals surface area (Å²) in [6, 6.07) is 1.74. The van der Waals surface area contributed by atoms with Crippen LogP contribution in [0, 0.1) is 17.8 Å². The predicted molar refractivity (Wildman–Crippen MR) is 82.3 cm³/mol. The maximum absolute atomic E-state index is 2.76. The highest BCUT2D eigenvalue weighted by molar-refractivity contribution is 4.93. The van der Waals surface area contributed by atoms with Crippen molar-refractivity contribution in [3.63, 3.8) is 0 Å². The van der Waals surface area contributed by atoms with Crippen LogP contribution in [0.5, 0.6) is 0 Å². The van der Waals surface area contributed by atoms with Crippen molar-refractivity contribution in [1.29, 1.82) is 0 Å². The molecule has 1 nitrogen and oxygen atoms in total. The zero-order valence-corrected chi connectivity index (χ0v) is 13.1. The quantitative estimate of drug-likeness (QED) is 0.688.